The molecule has 0 radical (unpaired) electrons. The Hall–Kier alpha value is -2.24. The molecule has 1 rings (SSSR count). The van der Waals surface area contributed by atoms with Crippen molar-refractivity contribution in [3.63, 3.8) is 0 Å². The number of amides is 1. The van der Waals surface area contributed by atoms with Crippen molar-refractivity contribution in [1.29, 1.82) is 0 Å². The normalized spacial score (nSPS) is 13.1. The van der Waals surface area contributed by atoms with Crippen molar-refractivity contribution in [2.75, 3.05) is 6.54 Å². The zero-order valence-electron chi connectivity index (χ0n) is 10.3. The molecule has 18 heavy (non-hydrogen) atoms. The minimum atomic E-state index is -0.398. The third-order valence-electron chi connectivity index (χ3n) is 2.59. The summed E-state index contributed by atoms with van der Waals surface area (Å²) in [6.45, 7) is 3.76. The van der Waals surface area contributed by atoms with Crippen molar-refractivity contribution in [2.24, 2.45) is 16.8 Å². The van der Waals surface area contributed by atoms with Crippen LogP contribution >= 0.6 is 0 Å². The van der Waals surface area contributed by atoms with E-state index >= 15 is 0 Å². The van der Waals surface area contributed by atoms with Crippen LogP contribution in [-0.4, -0.2) is 28.6 Å². The van der Waals surface area contributed by atoms with Crippen LogP contribution in [0.5, 0.6) is 5.75 Å². The van der Waals surface area contributed by atoms with E-state index < -0.39 is 5.91 Å². The second kappa shape index (κ2) is 5.90. The van der Waals surface area contributed by atoms with Gasteiger partial charge in [-0.2, -0.15) is 0 Å². The lowest BCUT2D eigenvalue weighted by Crippen LogP contribution is -2.34. The first-order valence-electron chi connectivity index (χ1n) is 5.51. The Labute approximate surface area is 105 Å². The van der Waals surface area contributed by atoms with E-state index in [1.165, 1.54) is 6.07 Å². The number of aryl methyl sites for hydroxylation is 1. The lowest BCUT2D eigenvalue weighted by atomic mass is 10.1. The van der Waals surface area contributed by atoms with Crippen molar-refractivity contribution in [1.82, 2.24) is 5.32 Å². The number of phenols is 1. The highest BCUT2D eigenvalue weighted by Crippen LogP contribution is 2.18. The minimum Gasteiger partial charge on any atom is -0.507 e. The molecular weight excluding hydrogens is 234 g/mol. The summed E-state index contributed by atoms with van der Waals surface area (Å²) in [6.07, 6.45) is 0. The van der Waals surface area contributed by atoms with Gasteiger partial charge in [0.1, 0.15) is 11.6 Å². The summed E-state index contributed by atoms with van der Waals surface area (Å²) in [7, 11) is 0. The number of carbonyl (C=O) groups is 1. The van der Waals surface area contributed by atoms with Crippen LogP contribution in [0.4, 0.5) is 0 Å². The van der Waals surface area contributed by atoms with Crippen LogP contribution in [0.25, 0.3) is 0 Å². The lowest BCUT2D eigenvalue weighted by Gasteiger charge is -2.11. The fourth-order valence-electron chi connectivity index (χ4n) is 1.38. The van der Waals surface area contributed by atoms with Crippen molar-refractivity contribution < 1.29 is 15.1 Å². The van der Waals surface area contributed by atoms with Gasteiger partial charge in [0.05, 0.1) is 5.56 Å². The fraction of sp³-hybridized carbons (Fsp3) is 0.333. The van der Waals surface area contributed by atoms with Crippen LogP contribution in [0.3, 0.4) is 0 Å². The summed E-state index contributed by atoms with van der Waals surface area (Å²) in [5, 5.41) is 23.6. The van der Waals surface area contributed by atoms with Gasteiger partial charge in [-0.25, -0.2) is 0 Å². The average Bonchev–Trinajstić information content (AvgIpc) is 2.34. The molecule has 0 aliphatic heterocycles. The third kappa shape index (κ3) is 3.38. The SMILES string of the molecule is Cc1ccc(C(=O)NCC(C)C(N)=NO)c(O)c1. The molecule has 1 aromatic carbocycles. The third-order valence-corrected chi connectivity index (χ3v) is 2.59. The van der Waals surface area contributed by atoms with E-state index in [1.807, 2.05) is 6.92 Å². The van der Waals surface area contributed by atoms with Gasteiger partial charge in [-0.15, -0.1) is 0 Å². The molecule has 0 spiro atoms. The van der Waals surface area contributed by atoms with Crippen molar-refractivity contribution in [3.05, 3.63) is 29.3 Å². The quantitative estimate of drug-likeness (QED) is 0.275. The van der Waals surface area contributed by atoms with Gasteiger partial charge in [0.15, 0.2) is 0 Å². The van der Waals surface area contributed by atoms with Gasteiger partial charge >= 0.3 is 0 Å². The van der Waals surface area contributed by atoms with E-state index in [1.54, 1.807) is 19.1 Å². The Morgan fingerprint density at radius 1 is 1.56 bits per heavy atom. The second-order valence-corrected chi connectivity index (χ2v) is 4.16. The molecule has 6 heteroatoms. The van der Waals surface area contributed by atoms with E-state index in [9.17, 15) is 9.90 Å². The van der Waals surface area contributed by atoms with Gasteiger partial charge in [0.25, 0.3) is 5.91 Å². The first-order chi connectivity index (χ1) is 8.45. The van der Waals surface area contributed by atoms with Crippen LogP contribution in [0, 0.1) is 12.8 Å². The predicted octanol–water partition coefficient (Wildman–Crippen LogP) is 0.813. The first-order valence-corrected chi connectivity index (χ1v) is 5.51. The van der Waals surface area contributed by atoms with Crippen molar-refractivity contribution >= 4 is 11.7 Å². The molecule has 5 N–H and O–H groups in total. The van der Waals surface area contributed by atoms with Crippen LogP contribution < -0.4 is 11.1 Å². The number of aromatic hydroxyl groups is 1. The minimum absolute atomic E-state index is 0.0448. The lowest BCUT2D eigenvalue weighted by molar-refractivity contribution is 0.0948. The molecule has 0 bridgehead atoms. The van der Waals surface area contributed by atoms with E-state index in [-0.39, 0.29) is 29.6 Å². The van der Waals surface area contributed by atoms with Gasteiger partial charge in [0, 0.05) is 12.5 Å². The molecule has 1 aromatic rings. The number of benzene rings is 1. The molecule has 0 aliphatic rings. The second-order valence-electron chi connectivity index (χ2n) is 4.16. The first kappa shape index (κ1) is 13.8. The highest BCUT2D eigenvalue weighted by molar-refractivity contribution is 5.97. The molecule has 0 heterocycles. The smallest absolute Gasteiger partial charge is 0.255 e. The number of nitrogens with two attached hydrogens (primary N) is 1. The average molecular weight is 251 g/mol. The highest BCUT2D eigenvalue weighted by atomic mass is 16.4. The summed E-state index contributed by atoms with van der Waals surface area (Å²) >= 11 is 0. The van der Waals surface area contributed by atoms with E-state index in [2.05, 4.69) is 10.5 Å². The van der Waals surface area contributed by atoms with Crippen LogP contribution in [-0.2, 0) is 0 Å². The molecule has 1 amide bonds. The maximum atomic E-state index is 11.8. The summed E-state index contributed by atoms with van der Waals surface area (Å²) in [4.78, 5) is 11.8. The van der Waals surface area contributed by atoms with E-state index in [0.29, 0.717) is 0 Å². The molecule has 98 valence electrons. The monoisotopic (exact) mass is 251 g/mol. The standard InChI is InChI=1S/C12H17N3O3/c1-7-3-4-9(10(16)5-7)12(17)14-6-8(2)11(13)15-18/h3-5,8,16,18H,6H2,1-2H3,(H2,13,15)(H,14,17). The topological polar surface area (TPSA) is 108 Å². The van der Waals surface area contributed by atoms with Crippen LogP contribution in [0.2, 0.25) is 0 Å². The Balaban J connectivity index is 2.66. The number of amidine groups is 1. The van der Waals surface area contributed by atoms with Gasteiger partial charge in [0.2, 0.25) is 0 Å². The Morgan fingerprint density at radius 2 is 2.22 bits per heavy atom. The molecule has 1 atom stereocenters. The molecule has 1 unspecified atom stereocenters. The molecule has 0 saturated heterocycles. The number of rotatable bonds is 4. The molecule has 6 nitrogen and oxygen atoms in total. The predicted molar refractivity (Wildman–Crippen MR) is 67.7 cm³/mol. The Kier molecular flexibility index (Phi) is 4.53. The summed E-state index contributed by atoms with van der Waals surface area (Å²) in [5.41, 5.74) is 6.46. The van der Waals surface area contributed by atoms with E-state index in [4.69, 9.17) is 10.9 Å². The van der Waals surface area contributed by atoms with Gasteiger partial charge in [-0.1, -0.05) is 18.1 Å². The fourth-order valence-corrected chi connectivity index (χ4v) is 1.38. The number of hydrogen-bond acceptors (Lipinski definition) is 4. The van der Waals surface area contributed by atoms with Gasteiger partial charge in [-0.3, -0.25) is 4.79 Å². The number of carbonyl (C=O) groups excluding carboxylic acids is 1. The zero-order chi connectivity index (χ0) is 13.7. The van der Waals surface area contributed by atoms with E-state index in [0.717, 1.165) is 5.56 Å². The van der Waals surface area contributed by atoms with Crippen molar-refractivity contribution in [2.45, 2.75) is 13.8 Å². The number of nitrogens with one attached hydrogen (secondary N) is 1. The van der Waals surface area contributed by atoms with Crippen LogP contribution in [0.1, 0.15) is 22.8 Å². The number of hydrogen-bond donors (Lipinski definition) is 4. The molecule has 0 aromatic heterocycles. The number of nitrogens with zero attached hydrogens (tertiary/aromatic N) is 1. The number of phenolic OH excluding ortho intramolecular Hbond substituents is 1. The Bertz CT molecular complexity index is 472. The molecule has 0 saturated carbocycles. The maximum absolute atomic E-state index is 11.8. The molecule has 0 aliphatic carbocycles. The molecule has 0 fully saturated rings. The number of oxime groups is 1. The largest absolute Gasteiger partial charge is 0.507 e. The van der Waals surface area contributed by atoms with Gasteiger partial charge < -0.3 is 21.4 Å². The Morgan fingerprint density at radius 3 is 2.78 bits per heavy atom. The van der Waals surface area contributed by atoms with Gasteiger partial charge in [-0.05, 0) is 24.6 Å². The highest BCUT2D eigenvalue weighted by Gasteiger charge is 2.13. The summed E-state index contributed by atoms with van der Waals surface area (Å²) in [6, 6.07) is 4.80. The summed E-state index contributed by atoms with van der Waals surface area (Å²) < 4.78 is 0. The van der Waals surface area contributed by atoms with Crippen LogP contribution in [0.15, 0.2) is 23.4 Å². The molecular formula is C12H17N3O3. The van der Waals surface area contributed by atoms with Crippen molar-refractivity contribution in [3.8, 4) is 5.75 Å². The zero-order valence-corrected chi connectivity index (χ0v) is 10.3. The summed E-state index contributed by atoms with van der Waals surface area (Å²) in [5.74, 6) is -0.705. The maximum Gasteiger partial charge on any atom is 0.255 e.